The van der Waals surface area contributed by atoms with Gasteiger partial charge in [0.25, 0.3) is 0 Å². The molecule has 0 saturated carbocycles. The van der Waals surface area contributed by atoms with Crippen LogP contribution in [0.5, 0.6) is 0 Å². The third-order valence-corrected chi connectivity index (χ3v) is 1.46. The van der Waals surface area contributed by atoms with Crippen LogP contribution in [0, 0.1) is 0 Å². The average Bonchev–Trinajstić information content (AvgIpc) is 2.27. The molecule has 0 aromatic heterocycles. The van der Waals surface area contributed by atoms with Crippen molar-refractivity contribution < 1.29 is 14.3 Å². The number of hydrogen-bond acceptors (Lipinski definition) is 3. The Balaban J connectivity index is 0. The smallest absolute Gasteiger partial charge is 0.330 e. The molecule has 0 N–H and O–H groups in total. The first kappa shape index (κ1) is 16.6. The zero-order chi connectivity index (χ0) is 11.9. The maximum Gasteiger partial charge on any atom is 0.330 e. The predicted molar refractivity (Wildman–Crippen MR) is 62.8 cm³/mol. The Labute approximate surface area is 93.5 Å². The predicted octanol–water partition coefficient (Wildman–Crippen LogP) is 2.95. The molecule has 0 heterocycles. The molecular formula is C12H24O3. The SMILES string of the molecule is C=CC(=O)OCCCC.CCCOCC. The van der Waals surface area contributed by atoms with Crippen LogP contribution in [0.25, 0.3) is 0 Å². The highest BCUT2D eigenvalue weighted by Crippen LogP contribution is 1.88. The highest BCUT2D eigenvalue weighted by molar-refractivity contribution is 5.81. The lowest BCUT2D eigenvalue weighted by atomic mass is 10.4. The number of ether oxygens (including phenoxy) is 2. The Morgan fingerprint density at radius 3 is 2.20 bits per heavy atom. The van der Waals surface area contributed by atoms with Crippen LogP contribution in [0.4, 0.5) is 0 Å². The molecule has 0 radical (unpaired) electrons. The van der Waals surface area contributed by atoms with Gasteiger partial charge in [0.2, 0.25) is 0 Å². The minimum Gasteiger partial charge on any atom is -0.463 e. The number of carbonyl (C=O) groups is 1. The van der Waals surface area contributed by atoms with Gasteiger partial charge < -0.3 is 9.47 Å². The van der Waals surface area contributed by atoms with Crippen molar-refractivity contribution in [2.75, 3.05) is 19.8 Å². The van der Waals surface area contributed by atoms with Gasteiger partial charge in [0.05, 0.1) is 6.61 Å². The van der Waals surface area contributed by atoms with Gasteiger partial charge in [-0.2, -0.15) is 0 Å². The van der Waals surface area contributed by atoms with Crippen molar-refractivity contribution in [1.82, 2.24) is 0 Å². The first-order valence-corrected chi connectivity index (χ1v) is 5.59. The van der Waals surface area contributed by atoms with Crippen LogP contribution in [-0.2, 0) is 14.3 Å². The van der Waals surface area contributed by atoms with E-state index in [1.54, 1.807) is 0 Å². The normalized spacial score (nSPS) is 8.73. The Morgan fingerprint density at radius 2 is 1.87 bits per heavy atom. The Bertz CT molecular complexity index is 140. The van der Waals surface area contributed by atoms with Gasteiger partial charge in [-0.1, -0.05) is 26.8 Å². The summed E-state index contributed by atoms with van der Waals surface area (Å²) in [5.74, 6) is -0.330. The number of rotatable bonds is 7. The molecule has 0 rings (SSSR count). The summed E-state index contributed by atoms with van der Waals surface area (Å²) in [6.45, 7) is 11.7. The Hall–Kier alpha value is -0.830. The van der Waals surface area contributed by atoms with Crippen LogP contribution in [0.1, 0.15) is 40.0 Å². The van der Waals surface area contributed by atoms with E-state index in [4.69, 9.17) is 4.74 Å². The van der Waals surface area contributed by atoms with Gasteiger partial charge in [0, 0.05) is 19.3 Å². The maximum absolute atomic E-state index is 10.3. The molecule has 0 aliphatic rings. The summed E-state index contributed by atoms with van der Waals surface area (Å²) in [6, 6.07) is 0. The van der Waals surface area contributed by atoms with E-state index < -0.39 is 0 Å². The van der Waals surface area contributed by atoms with Crippen LogP contribution < -0.4 is 0 Å². The van der Waals surface area contributed by atoms with Gasteiger partial charge in [-0.25, -0.2) is 4.79 Å². The van der Waals surface area contributed by atoms with Crippen LogP contribution in [0.3, 0.4) is 0 Å². The molecule has 90 valence electrons. The van der Waals surface area contributed by atoms with Crippen LogP contribution >= 0.6 is 0 Å². The Morgan fingerprint density at radius 1 is 1.20 bits per heavy atom. The van der Waals surface area contributed by atoms with E-state index in [0.717, 1.165) is 32.5 Å². The van der Waals surface area contributed by atoms with Crippen molar-refractivity contribution in [1.29, 1.82) is 0 Å². The third-order valence-electron chi connectivity index (χ3n) is 1.46. The fourth-order valence-corrected chi connectivity index (χ4v) is 0.665. The second-order valence-electron chi connectivity index (χ2n) is 2.92. The van der Waals surface area contributed by atoms with Gasteiger partial charge in [0.1, 0.15) is 0 Å². The van der Waals surface area contributed by atoms with Crippen LogP contribution in [-0.4, -0.2) is 25.8 Å². The summed E-state index contributed by atoms with van der Waals surface area (Å²) in [7, 11) is 0. The van der Waals surface area contributed by atoms with E-state index in [1.165, 1.54) is 6.08 Å². The molecule has 0 spiro atoms. The highest BCUT2D eigenvalue weighted by Gasteiger charge is 1.91. The van der Waals surface area contributed by atoms with E-state index in [0.29, 0.717) is 6.61 Å². The van der Waals surface area contributed by atoms with Crippen molar-refractivity contribution in [3.8, 4) is 0 Å². The van der Waals surface area contributed by atoms with E-state index in [-0.39, 0.29) is 5.97 Å². The monoisotopic (exact) mass is 216 g/mol. The summed E-state index contributed by atoms with van der Waals surface area (Å²) in [4.78, 5) is 10.3. The maximum atomic E-state index is 10.3. The summed E-state index contributed by atoms with van der Waals surface area (Å²) in [5, 5.41) is 0. The fraction of sp³-hybridized carbons (Fsp3) is 0.750. The largest absolute Gasteiger partial charge is 0.463 e. The first-order valence-electron chi connectivity index (χ1n) is 5.59. The average molecular weight is 216 g/mol. The fourth-order valence-electron chi connectivity index (χ4n) is 0.665. The molecule has 0 aliphatic heterocycles. The molecule has 0 amide bonds. The van der Waals surface area contributed by atoms with Gasteiger partial charge in [-0.3, -0.25) is 0 Å². The zero-order valence-electron chi connectivity index (χ0n) is 10.3. The van der Waals surface area contributed by atoms with Crippen molar-refractivity contribution in [3.63, 3.8) is 0 Å². The van der Waals surface area contributed by atoms with Crippen LogP contribution in [0.2, 0.25) is 0 Å². The van der Waals surface area contributed by atoms with Crippen molar-refractivity contribution >= 4 is 5.97 Å². The van der Waals surface area contributed by atoms with Gasteiger partial charge >= 0.3 is 5.97 Å². The molecule has 0 aliphatic carbocycles. The first-order chi connectivity index (χ1) is 7.22. The van der Waals surface area contributed by atoms with Crippen LogP contribution in [0.15, 0.2) is 12.7 Å². The molecule has 15 heavy (non-hydrogen) atoms. The molecule has 0 bridgehead atoms. The van der Waals surface area contributed by atoms with Crippen molar-refractivity contribution in [3.05, 3.63) is 12.7 Å². The molecule has 0 unspecified atom stereocenters. The minimum atomic E-state index is -0.330. The lowest BCUT2D eigenvalue weighted by molar-refractivity contribution is -0.137. The molecule has 0 aromatic rings. The quantitative estimate of drug-likeness (QED) is 0.373. The van der Waals surface area contributed by atoms with Crippen molar-refractivity contribution in [2.24, 2.45) is 0 Å². The summed E-state index contributed by atoms with van der Waals surface area (Å²) < 4.78 is 9.66. The summed E-state index contributed by atoms with van der Waals surface area (Å²) >= 11 is 0. The molecule has 0 fully saturated rings. The standard InChI is InChI=1S/C7H12O2.C5H12O/c1-3-5-6-9-7(8)4-2;1-3-5-6-4-2/h4H,2-3,5-6H2,1H3;3-5H2,1-2H3. The number of hydrogen-bond donors (Lipinski definition) is 0. The molecule has 3 heteroatoms. The zero-order valence-corrected chi connectivity index (χ0v) is 10.3. The topological polar surface area (TPSA) is 35.5 Å². The van der Waals surface area contributed by atoms with Gasteiger partial charge in [-0.05, 0) is 19.8 Å². The lowest BCUT2D eigenvalue weighted by Crippen LogP contribution is -2.00. The van der Waals surface area contributed by atoms with Gasteiger partial charge in [0.15, 0.2) is 0 Å². The van der Waals surface area contributed by atoms with Gasteiger partial charge in [-0.15, -0.1) is 0 Å². The van der Waals surface area contributed by atoms with E-state index >= 15 is 0 Å². The lowest BCUT2D eigenvalue weighted by Gasteiger charge is -1.97. The Kier molecular flexibility index (Phi) is 17.3. The number of carbonyl (C=O) groups excluding carboxylic acids is 1. The molecule has 0 atom stereocenters. The molecular weight excluding hydrogens is 192 g/mol. The van der Waals surface area contributed by atoms with E-state index in [1.807, 2.05) is 13.8 Å². The second-order valence-corrected chi connectivity index (χ2v) is 2.92. The minimum absolute atomic E-state index is 0.330. The second kappa shape index (κ2) is 15.6. The molecule has 3 nitrogen and oxygen atoms in total. The number of esters is 1. The molecule has 0 saturated heterocycles. The third kappa shape index (κ3) is 19.5. The highest BCUT2D eigenvalue weighted by atomic mass is 16.5. The van der Waals surface area contributed by atoms with E-state index in [9.17, 15) is 4.79 Å². The summed E-state index contributed by atoms with van der Waals surface area (Å²) in [6.07, 6.45) is 4.29. The van der Waals surface area contributed by atoms with Crippen molar-refractivity contribution in [2.45, 2.75) is 40.0 Å². The molecule has 0 aromatic carbocycles. The van der Waals surface area contributed by atoms with E-state index in [2.05, 4.69) is 18.2 Å². The number of unbranched alkanes of at least 4 members (excludes halogenated alkanes) is 1. The summed E-state index contributed by atoms with van der Waals surface area (Å²) in [5.41, 5.74) is 0.